The molecule has 0 aliphatic rings. The molecule has 0 radical (unpaired) electrons. The number of anilines is 1. The molecule has 1 aromatic carbocycles. The zero-order valence-electron chi connectivity index (χ0n) is 14.5. The molecule has 0 aliphatic heterocycles. The van der Waals surface area contributed by atoms with Crippen molar-refractivity contribution in [1.29, 1.82) is 5.26 Å². The third-order valence-electron chi connectivity index (χ3n) is 4.39. The third kappa shape index (κ3) is 2.50. The molecule has 0 amide bonds. The minimum atomic E-state index is 0.497. The van der Waals surface area contributed by atoms with Crippen molar-refractivity contribution >= 4 is 22.5 Å². The largest absolute Gasteiger partial charge is 0.495 e. The van der Waals surface area contributed by atoms with Gasteiger partial charge in [0.25, 0.3) is 0 Å². The summed E-state index contributed by atoms with van der Waals surface area (Å²) in [5, 5.41) is 13.0. The highest BCUT2D eigenvalue weighted by molar-refractivity contribution is 5.85. The van der Waals surface area contributed by atoms with Crippen molar-refractivity contribution in [2.24, 2.45) is 0 Å². The van der Waals surface area contributed by atoms with Gasteiger partial charge < -0.3 is 10.1 Å². The highest BCUT2D eigenvalue weighted by Gasteiger charge is 2.15. The van der Waals surface area contributed by atoms with Gasteiger partial charge in [-0.25, -0.2) is 4.98 Å². The maximum Gasteiger partial charge on any atom is 0.157 e. The molecule has 128 valence electrons. The van der Waals surface area contributed by atoms with E-state index in [1.54, 1.807) is 13.3 Å². The number of imidazole rings is 1. The van der Waals surface area contributed by atoms with Gasteiger partial charge in [0.15, 0.2) is 5.65 Å². The second-order valence-electron chi connectivity index (χ2n) is 5.96. The quantitative estimate of drug-likeness (QED) is 0.612. The van der Waals surface area contributed by atoms with Crippen molar-refractivity contribution in [3.63, 3.8) is 0 Å². The van der Waals surface area contributed by atoms with Gasteiger partial charge >= 0.3 is 0 Å². The molecule has 3 aromatic heterocycles. The molecule has 26 heavy (non-hydrogen) atoms. The molecule has 0 saturated heterocycles. The van der Waals surface area contributed by atoms with Crippen LogP contribution in [-0.4, -0.2) is 21.5 Å². The highest BCUT2D eigenvalue weighted by Crippen LogP contribution is 2.27. The van der Waals surface area contributed by atoms with Gasteiger partial charge in [-0.2, -0.15) is 5.26 Å². The molecule has 0 spiro atoms. The normalized spacial score (nSPS) is 10.8. The molecular weight excluding hydrogens is 326 g/mol. The second-order valence-corrected chi connectivity index (χ2v) is 5.96. The predicted octanol–water partition coefficient (Wildman–Crippen LogP) is 3.68. The van der Waals surface area contributed by atoms with Crippen molar-refractivity contribution in [2.45, 2.75) is 13.5 Å². The summed E-state index contributed by atoms with van der Waals surface area (Å²) in [5.74, 6) is 1.59. The van der Waals surface area contributed by atoms with Crippen molar-refractivity contribution < 1.29 is 4.74 Å². The number of pyridine rings is 2. The first-order valence-corrected chi connectivity index (χ1v) is 8.25. The lowest BCUT2D eigenvalue weighted by Gasteiger charge is -2.13. The Morgan fingerprint density at radius 2 is 2.08 bits per heavy atom. The lowest BCUT2D eigenvalue weighted by Crippen LogP contribution is -2.08. The molecule has 0 unspecified atom stereocenters. The molecule has 0 fully saturated rings. The molecule has 4 aromatic rings. The molecule has 6 nitrogen and oxygen atoms in total. The summed E-state index contributed by atoms with van der Waals surface area (Å²) < 4.78 is 7.35. The van der Waals surface area contributed by atoms with E-state index in [0.29, 0.717) is 17.8 Å². The van der Waals surface area contributed by atoms with Crippen LogP contribution in [0.1, 0.15) is 16.8 Å². The minimum absolute atomic E-state index is 0.497. The van der Waals surface area contributed by atoms with Crippen LogP contribution in [0.15, 0.2) is 48.7 Å². The number of para-hydroxylation sites is 2. The molecule has 0 bridgehead atoms. The zero-order valence-corrected chi connectivity index (χ0v) is 14.5. The van der Waals surface area contributed by atoms with E-state index in [-0.39, 0.29) is 0 Å². The van der Waals surface area contributed by atoms with E-state index in [4.69, 9.17) is 4.74 Å². The molecule has 4 rings (SSSR count). The summed E-state index contributed by atoms with van der Waals surface area (Å²) in [6, 6.07) is 15.8. The van der Waals surface area contributed by atoms with Crippen LogP contribution in [0.25, 0.3) is 16.7 Å². The van der Waals surface area contributed by atoms with Crippen LogP contribution >= 0.6 is 0 Å². The average molecular weight is 343 g/mol. The monoisotopic (exact) mass is 343 g/mol. The molecule has 6 heteroatoms. The van der Waals surface area contributed by atoms with Gasteiger partial charge in [-0.3, -0.25) is 9.38 Å². The number of methoxy groups -OCH3 is 1. The zero-order chi connectivity index (χ0) is 18.1. The average Bonchev–Trinajstić information content (AvgIpc) is 3.05. The third-order valence-corrected chi connectivity index (χ3v) is 4.39. The van der Waals surface area contributed by atoms with E-state index in [2.05, 4.69) is 21.4 Å². The number of rotatable bonds is 4. The van der Waals surface area contributed by atoms with Gasteiger partial charge in [-0.05, 0) is 42.8 Å². The molecular formula is C20H17N5O. The number of aryl methyl sites for hydroxylation is 1. The van der Waals surface area contributed by atoms with Gasteiger partial charge in [0, 0.05) is 6.20 Å². The van der Waals surface area contributed by atoms with Crippen LogP contribution in [0, 0.1) is 18.3 Å². The SMILES string of the molecule is COc1cccnc1CNc1cc(C)c(C#N)c2nc3ccccc3n12. The van der Waals surface area contributed by atoms with Crippen LogP contribution in [0.5, 0.6) is 5.75 Å². The van der Waals surface area contributed by atoms with Crippen LogP contribution in [0.3, 0.4) is 0 Å². The molecule has 3 heterocycles. The van der Waals surface area contributed by atoms with E-state index in [9.17, 15) is 5.26 Å². The molecule has 0 atom stereocenters. The van der Waals surface area contributed by atoms with E-state index in [1.165, 1.54) is 0 Å². The van der Waals surface area contributed by atoms with Crippen LogP contribution < -0.4 is 10.1 Å². The number of nitriles is 1. The summed E-state index contributed by atoms with van der Waals surface area (Å²) in [7, 11) is 1.63. The van der Waals surface area contributed by atoms with Crippen molar-refractivity contribution in [1.82, 2.24) is 14.4 Å². The Balaban J connectivity index is 1.86. The van der Waals surface area contributed by atoms with Crippen LogP contribution in [0.2, 0.25) is 0 Å². The molecule has 1 N–H and O–H groups in total. The summed E-state index contributed by atoms with van der Waals surface area (Å²) >= 11 is 0. The standard InChI is InChI=1S/C20H17N5O/c1-13-10-19(23-12-16-18(26-2)8-5-9-22-16)25-17-7-4-3-6-15(17)24-20(25)14(13)11-21/h3-10,23H,12H2,1-2H3. The number of hydrogen-bond donors (Lipinski definition) is 1. The van der Waals surface area contributed by atoms with Crippen molar-refractivity contribution in [3.8, 4) is 11.8 Å². The Labute approximate surface area is 150 Å². The van der Waals surface area contributed by atoms with Gasteiger partial charge in [0.05, 0.1) is 30.3 Å². The van der Waals surface area contributed by atoms with Crippen molar-refractivity contribution in [2.75, 3.05) is 12.4 Å². The van der Waals surface area contributed by atoms with E-state index < -0.39 is 0 Å². The fraction of sp³-hybridized carbons (Fsp3) is 0.150. The number of benzene rings is 1. The number of ether oxygens (including phenoxy) is 1. The fourth-order valence-electron chi connectivity index (χ4n) is 3.14. The van der Waals surface area contributed by atoms with E-state index >= 15 is 0 Å². The van der Waals surface area contributed by atoms with Crippen molar-refractivity contribution in [3.05, 3.63) is 65.5 Å². The van der Waals surface area contributed by atoms with Gasteiger partial charge in [0.2, 0.25) is 0 Å². The first-order chi connectivity index (χ1) is 12.7. The Morgan fingerprint density at radius 1 is 1.23 bits per heavy atom. The fourth-order valence-corrected chi connectivity index (χ4v) is 3.14. The predicted molar refractivity (Wildman–Crippen MR) is 100 cm³/mol. The van der Waals surface area contributed by atoms with E-state index in [1.807, 2.05) is 53.8 Å². The Kier molecular flexibility index (Phi) is 3.90. The molecule has 0 aliphatic carbocycles. The summed E-state index contributed by atoms with van der Waals surface area (Å²) in [5.41, 5.74) is 4.74. The number of hydrogen-bond acceptors (Lipinski definition) is 5. The van der Waals surface area contributed by atoms with Crippen LogP contribution in [-0.2, 0) is 6.54 Å². The van der Waals surface area contributed by atoms with Gasteiger partial charge in [0.1, 0.15) is 23.3 Å². The maximum atomic E-state index is 9.56. The maximum absolute atomic E-state index is 9.56. The summed E-state index contributed by atoms with van der Waals surface area (Å²) in [4.78, 5) is 9.04. The lowest BCUT2D eigenvalue weighted by molar-refractivity contribution is 0.407. The second kappa shape index (κ2) is 6.37. The first kappa shape index (κ1) is 15.9. The smallest absolute Gasteiger partial charge is 0.157 e. The highest BCUT2D eigenvalue weighted by atomic mass is 16.5. The number of fused-ring (bicyclic) bond motifs is 3. The van der Waals surface area contributed by atoms with Gasteiger partial charge in [-0.1, -0.05) is 12.1 Å². The minimum Gasteiger partial charge on any atom is -0.495 e. The van der Waals surface area contributed by atoms with Gasteiger partial charge in [-0.15, -0.1) is 0 Å². The topological polar surface area (TPSA) is 75.2 Å². The number of nitrogens with one attached hydrogen (secondary N) is 1. The number of nitrogens with zero attached hydrogens (tertiary/aromatic N) is 4. The van der Waals surface area contributed by atoms with E-state index in [0.717, 1.165) is 33.9 Å². The van der Waals surface area contributed by atoms with Crippen LogP contribution in [0.4, 0.5) is 5.82 Å². The molecule has 0 saturated carbocycles. The Bertz CT molecular complexity index is 1160. The lowest BCUT2D eigenvalue weighted by atomic mass is 10.1. The summed E-state index contributed by atoms with van der Waals surface area (Å²) in [6.45, 7) is 2.42. The Hall–Kier alpha value is -3.59. The number of aromatic nitrogens is 3. The Morgan fingerprint density at radius 3 is 2.88 bits per heavy atom. The summed E-state index contributed by atoms with van der Waals surface area (Å²) in [6.07, 6.45) is 1.74. The first-order valence-electron chi connectivity index (χ1n) is 8.25.